The number of ether oxygens (including phenoxy) is 3. The van der Waals surface area contributed by atoms with Crippen molar-refractivity contribution >= 4 is 5.91 Å². The van der Waals surface area contributed by atoms with Crippen molar-refractivity contribution in [3.8, 4) is 11.5 Å². The summed E-state index contributed by atoms with van der Waals surface area (Å²) in [5.41, 5.74) is 13.8. The van der Waals surface area contributed by atoms with Crippen LogP contribution in [0.2, 0.25) is 0 Å². The monoisotopic (exact) mass is 549 g/mol. The Balaban J connectivity index is 1.99. The van der Waals surface area contributed by atoms with Gasteiger partial charge in [-0.2, -0.15) is 0 Å². The molecular formula is C31H55N3O5. The van der Waals surface area contributed by atoms with E-state index in [0.29, 0.717) is 44.3 Å². The molecule has 8 heteroatoms. The van der Waals surface area contributed by atoms with Gasteiger partial charge in [-0.3, -0.25) is 4.79 Å². The quantitative estimate of drug-likeness (QED) is 0.203. The lowest BCUT2D eigenvalue weighted by molar-refractivity contribution is -0.128. The van der Waals surface area contributed by atoms with E-state index in [1.54, 1.807) is 14.2 Å². The number of aliphatic hydroxyl groups excluding tert-OH is 1. The first kappa shape index (κ1) is 33.3. The van der Waals surface area contributed by atoms with Crippen molar-refractivity contribution in [1.82, 2.24) is 5.32 Å². The first-order chi connectivity index (χ1) is 18.5. The number of nitrogens with one attached hydrogen (secondary N) is 1. The van der Waals surface area contributed by atoms with Crippen LogP contribution in [0.5, 0.6) is 11.5 Å². The summed E-state index contributed by atoms with van der Waals surface area (Å²) < 4.78 is 16.6. The van der Waals surface area contributed by atoms with Crippen LogP contribution in [-0.4, -0.2) is 62.7 Å². The van der Waals surface area contributed by atoms with Crippen molar-refractivity contribution in [1.29, 1.82) is 0 Å². The maximum absolute atomic E-state index is 13.1. The molecule has 0 saturated heterocycles. The molecule has 1 saturated carbocycles. The fraction of sp³-hybridized carbons (Fsp3) is 0.774. The van der Waals surface area contributed by atoms with Crippen molar-refractivity contribution in [2.24, 2.45) is 35.1 Å². The van der Waals surface area contributed by atoms with Gasteiger partial charge in [0.1, 0.15) is 0 Å². The van der Waals surface area contributed by atoms with E-state index in [4.69, 9.17) is 25.7 Å². The maximum atomic E-state index is 13.1. The summed E-state index contributed by atoms with van der Waals surface area (Å²) in [6.45, 7) is 10.1. The van der Waals surface area contributed by atoms with E-state index < -0.39 is 12.1 Å². The highest BCUT2D eigenvalue weighted by Gasteiger charge is 2.33. The molecule has 0 aliphatic heterocycles. The smallest absolute Gasteiger partial charge is 0.223 e. The maximum Gasteiger partial charge on any atom is 0.223 e. The zero-order valence-electron chi connectivity index (χ0n) is 25.2. The Morgan fingerprint density at radius 3 is 2.33 bits per heavy atom. The van der Waals surface area contributed by atoms with Crippen molar-refractivity contribution in [3.63, 3.8) is 0 Å². The van der Waals surface area contributed by atoms with Gasteiger partial charge in [-0.05, 0) is 67.6 Å². The first-order valence-electron chi connectivity index (χ1n) is 14.8. The van der Waals surface area contributed by atoms with E-state index in [1.165, 1.54) is 0 Å². The number of methoxy groups -OCH3 is 2. The summed E-state index contributed by atoms with van der Waals surface area (Å²) in [5, 5.41) is 14.2. The molecule has 1 aliphatic rings. The lowest BCUT2D eigenvalue weighted by Crippen LogP contribution is -2.50. The topological polar surface area (TPSA) is 129 Å². The molecule has 0 radical (unpaired) electrons. The summed E-state index contributed by atoms with van der Waals surface area (Å²) in [7, 11) is 3.32. The van der Waals surface area contributed by atoms with Gasteiger partial charge in [-0.1, -0.05) is 46.6 Å². The zero-order valence-corrected chi connectivity index (χ0v) is 25.2. The molecule has 39 heavy (non-hydrogen) atoms. The molecule has 1 amide bonds. The van der Waals surface area contributed by atoms with Crippen LogP contribution >= 0.6 is 0 Å². The molecule has 1 aromatic carbocycles. The van der Waals surface area contributed by atoms with E-state index in [0.717, 1.165) is 49.8 Å². The van der Waals surface area contributed by atoms with Gasteiger partial charge in [0.2, 0.25) is 5.91 Å². The molecule has 0 bridgehead atoms. The van der Waals surface area contributed by atoms with E-state index >= 15 is 0 Å². The fourth-order valence-corrected chi connectivity index (χ4v) is 5.51. The molecule has 6 N–H and O–H groups in total. The minimum absolute atomic E-state index is 0.0374. The molecule has 224 valence electrons. The number of carbonyl (C=O) groups is 1. The number of carbonyl (C=O) groups excluding carboxylic acids is 1. The molecule has 1 aliphatic carbocycles. The minimum Gasteiger partial charge on any atom is -0.493 e. The zero-order chi connectivity index (χ0) is 29.0. The average molecular weight is 550 g/mol. The number of benzene rings is 1. The predicted molar refractivity (Wildman–Crippen MR) is 157 cm³/mol. The van der Waals surface area contributed by atoms with E-state index in [2.05, 4.69) is 25.2 Å². The second-order valence-corrected chi connectivity index (χ2v) is 12.2. The van der Waals surface area contributed by atoms with Gasteiger partial charge in [-0.15, -0.1) is 0 Å². The number of amides is 1. The molecule has 0 unspecified atom stereocenters. The van der Waals surface area contributed by atoms with Crippen molar-refractivity contribution in [2.75, 3.05) is 34.0 Å². The third-order valence-corrected chi connectivity index (χ3v) is 8.34. The van der Waals surface area contributed by atoms with Crippen LogP contribution in [0.25, 0.3) is 0 Å². The molecular weight excluding hydrogens is 494 g/mol. The Morgan fingerprint density at radius 2 is 1.74 bits per heavy atom. The molecule has 1 aromatic rings. The summed E-state index contributed by atoms with van der Waals surface area (Å²) in [6.07, 6.45) is 5.96. The van der Waals surface area contributed by atoms with Crippen molar-refractivity contribution in [2.45, 2.75) is 96.7 Å². The molecule has 0 heterocycles. The number of rotatable bonds is 18. The van der Waals surface area contributed by atoms with E-state index in [1.807, 2.05) is 26.0 Å². The lowest BCUT2D eigenvalue weighted by Gasteiger charge is -2.31. The molecule has 0 spiro atoms. The van der Waals surface area contributed by atoms with Crippen LogP contribution in [0.3, 0.4) is 0 Å². The van der Waals surface area contributed by atoms with Gasteiger partial charge in [0, 0.05) is 44.2 Å². The predicted octanol–water partition coefficient (Wildman–Crippen LogP) is 4.05. The summed E-state index contributed by atoms with van der Waals surface area (Å²) >= 11 is 0. The molecule has 8 nitrogen and oxygen atoms in total. The van der Waals surface area contributed by atoms with Crippen molar-refractivity contribution in [3.05, 3.63) is 23.8 Å². The molecule has 4 atom stereocenters. The number of aliphatic hydroxyl groups is 1. The van der Waals surface area contributed by atoms with Crippen LogP contribution in [-0.2, 0) is 16.0 Å². The third-order valence-electron chi connectivity index (χ3n) is 8.34. The van der Waals surface area contributed by atoms with Gasteiger partial charge < -0.3 is 36.1 Å². The summed E-state index contributed by atoms with van der Waals surface area (Å²) in [5.74, 6) is 1.80. The SMILES string of the molecule is COCCCOc1cc(C[C@@H](C[C@H](N)[C@@H](O)C[C@H](C(=O)NCC2(N)CCCC2)C(C)C)C(C)C)ccc1OC. The average Bonchev–Trinajstić information content (AvgIpc) is 3.34. The van der Waals surface area contributed by atoms with E-state index in [-0.39, 0.29) is 29.2 Å². The Kier molecular flexibility index (Phi) is 14.0. The summed E-state index contributed by atoms with van der Waals surface area (Å²) in [4.78, 5) is 13.1. The Hall–Kier alpha value is -1.87. The number of hydrogen-bond donors (Lipinski definition) is 4. The van der Waals surface area contributed by atoms with Gasteiger partial charge in [0.25, 0.3) is 0 Å². The third kappa shape index (κ3) is 10.9. The fourth-order valence-electron chi connectivity index (χ4n) is 5.51. The highest BCUT2D eigenvalue weighted by Crippen LogP contribution is 2.32. The normalized spacial score (nSPS) is 18.1. The highest BCUT2D eigenvalue weighted by molar-refractivity contribution is 5.79. The van der Waals surface area contributed by atoms with E-state index in [9.17, 15) is 9.90 Å². The van der Waals surface area contributed by atoms with Crippen LogP contribution < -0.4 is 26.3 Å². The first-order valence-corrected chi connectivity index (χ1v) is 14.8. The Bertz CT molecular complexity index is 857. The van der Waals surface area contributed by atoms with Crippen molar-refractivity contribution < 1.29 is 24.1 Å². The number of nitrogens with two attached hydrogens (primary N) is 2. The van der Waals surface area contributed by atoms with Crippen LogP contribution in [0.1, 0.15) is 78.2 Å². The second-order valence-electron chi connectivity index (χ2n) is 12.2. The lowest BCUT2D eigenvalue weighted by atomic mass is 9.80. The molecule has 0 aromatic heterocycles. The minimum atomic E-state index is -0.765. The highest BCUT2D eigenvalue weighted by atomic mass is 16.5. The molecule has 1 fully saturated rings. The Morgan fingerprint density at radius 1 is 1.05 bits per heavy atom. The Labute approximate surface area is 236 Å². The van der Waals surface area contributed by atoms with Crippen LogP contribution in [0, 0.1) is 23.7 Å². The van der Waals surface area contributed by atoms with Gasteiger partial charge in [0.15, 0.2) is 11.5 Å². The van der Waals surface area contributed by atoms with Gasteiger partial charge in [0.05, 0.1) is 19.8 Å². The van der Waals surface area contributed by atoms with Crippen LogP contribution in [0.4, 0.5) is 0 Å². The van der Waals surface area contributed by atoms with Gasteiger partial charge >= 0.3 is 0 Å². The van der Waals surface area contributed by atoms with Crippen LogP contribution in [0.15, 0.2) is 18.2 Å². The second kappa shape index (κ2) is 16.4. The van der Waals surface area contributed by atoms with Gasteiger partial charge in [-0.25, -0.2) is 0 Å². The largest absolute Gasteiger partial charge is 0.493 e. The number of hydrogen-bond acceptors (Lipinski definition) is 7. The molecule has 2 rings (SSSR count). The standard InChI is InChI=1S/C31H55N3O5/c1-21(2)24(16-23-10-11-28(38-6)29(17-23)39-15-9-14-37-5)18-26(32)27(35)19-25(22(3)4)30(36)34-20-31(33)12-7-8-13-31/h10-11,17,21-22,24-27,35H,7-9,12-16,18-20,32-33H2,1-6H3,(H,34,36)/t24-,25-,26-,27-/m0/s1. The summed E-state index contributed by atoms with van der Waals surface area (Å²) in [6, 6.07) is 5.61.